The number of benzene rings is 1. The van der Waals surface area contributed by atoms with Gasteiger partial charge in [0, 0.05) is 12.3 Å². The molecule has 0 bridgehead atoms. The largest absolute Gasteiger partial charge is 0.507 e. The number of carbonyl (C=O) groups excluding carboxylic acids is 3. The fourth-order valence-electron chi connectivity index (χ4n) is 3.71. The molecule has 0 saturated carbocycles. The van der Waals surface area contributed by atoms with Gasteiger partial charge in [0.2, 0.25) is 11.8 Å². The van der Waals surface area contributed by atoms with E-state index in [1.165, 1.54) is 25.3 Å². The number of allylic oxidation sites excluding steroid dienone is 10. The maximum absolute atomic E-state index is 12.4. The summed E-state index contributed by atoms with van der Waals surface area (Å²) in [6.07, 6.45) is 29.4. The van der Waals surface area contributed by atoms with Crippen LogP contribution >= 0.6 is 0 Å². The van der Waals surface area contributed by atoms with Crippen LogP contribution in [-0.2, 0) is 19.1 Å². The molecule has 0 heterocycles. The zero-order chi connectivity index (χ0) is 30.8. The van der Waals surface area contributed by atoms with E-state index in [1.54, 1.807) is 0 Å². The quantitative estimate of drug-likeness (QED) is 0.0628. The fourth-order valence-corrected chi connectivity index (χ4v) is 3.71. The van der Waals surface area contributed by atoms with Crippen molar-refractivity contribution in [3.8, 4) is 5.75 Å². The molecule has 1 atom stereocenters. The van der Waals surface area contributed by atoms with E-state index >= 15 is 0 Å². The topological polar surface area (TPSA) is 114 Å². The molecule has 8 nitrogen and oxygen atoms in total. The number of unbranched alkanes of at least 4 members (excludes halogenated alkanes) is 2. The number of nitrogens with one attached hydrogen (secondary N) is 2. The Morgan fingerprint density at radius 2 is 1.45 bits per heavy atom. The third-order valence-electron chi connectivity index (χ3n) is 6.01. The average molecular weight is 581 g/mol. The first-order valence-electron chi connectivity index (χ1n) is 14.8. The summed E-state index contributed by atoms with van der Waals surface area (Å²) in [5, 5.41) is 14.9. The normalized spacial score (nSPS) is 12.6. The van der Waals surface area contributed by atoms with Crippen molar-refractivity contribution >= 4 is 23.5 Å². The van der Waals surface area contributed by atoms with Crippen LogP contribution in [0.15, 0.2) is 79.0 Å². The lowest BCUT2D eigenvalue weighted by Gasteiger charge is -2.16. The first-order chi connectivity index (χ1) is 20.4. The molecule has 1 unspecified atom stereocenters. The highest BCUT2D eigenvalue weighted by atomic mass is 16.5. The number of rotatable bonds is 21. The molecule has 0 radical (unpaired) electrons. The van der Waals surface area contributed by atoms with Gasteiger partial charge in [-0.3, -0.25) is 9.59 Å². The lowest BCUT2D eigenvalue weighted by Crippen LogP contribution is -2.40. The number of carbonyl (C=O) groups is 3. The zero-order valence-corrected chi connectivity index (χ0v) is 25.3. The van der Waals surface area contributed by atoms with Gasteiger partial charge in [0.05, 0.1) is 13.7 Å². The van der Waals surface area contributed by atoms with Crippen LogP contribution in [0.4, 0.5) is 5.69 Å². The van der Waals surface area contributed by atoms with Gasteiger partial charge in [-0.1, -0.05) is 74.6 Å². The molecule has 1 aromatic rings. The summed E-state index contributed by atoms with van der Waals surface area (Å²) in [6.45, 7) is 4.21. The highest BCUT2D eigenvalue weighted by Gasteiger charge is 2.18. The number of ether oxygens (including phenoxy) is 2. The van der Waals surface area contributed by atoms with Crippen LogP contribution in [-0.4, -0.2) is 49.3 Å². The van der Waals surface area contributed by atoms with Crippen molar-refractivity contribution in [3.05, 3.63) is 84.5 Å². The van der Waals surface area contributed by atoms with Gasteiger partial charge >= 0.3 is 5.97 Å². The van der Waals surface area contributed by atoms with E-state index in [0.29, 0.717) is 18.7 Å². The van der Waals surface area contributed by atoms with E-state index in [0.717, 1.165) is 51.4 Å². The Morgan fingerprint density at radius 3 is 2.02 bits per heavy atom. The molecule has 3 N–H and O–H groups in total. The Labute approximate surface area is 251 Å². The second-order valence-corrected chi connectivity index (χ2v) is 9.46. The smallest absolute Gasteiger partial charge is 0.341 e. The average Bonchev–Trinajstić information content (AvgIpc) is 2.99. The van der Waals surface area contributed by atoms with Crippen LogP contribution in [0, 0.1) is 0 Å². The van der Waals surface area contributed by atoms with E-state index in [1.807, 2.05) is 6.92 Å². The van der Waals surface area contributed by atoms with Gasteiger partial charge < -0.3 is 25.2 Å². The number of phenols is 1. The van der Waals surface area contributed by atoms with Crippen LogP contribution in [0.5, 0.6) is 5.75 Å². The van der Waals surface area contributed by atoms with Crippen molar-refractivity contribution in [2.75, 3.05) is 25.6 Å². The Morgan fingerprint density at radius 1 is 0.857 bits per heavy atom. The second-order valence-electron chi connectivity index (χ2n) is 9.46. The molecule has 1 aromatic carbocycles. The van der Waals surface area contributed by atoms with Crippen molar-refractivity contribution in [3.63, 3.8) is 0 Å². The molecule has 42 heavy (non-hydrogen) atoms. The fraction of sp³-hybridized carbons (Fsp3) is 0.441. The molecule has 8 heteroatoms. The van der Waals surface area contributed by atoms with E-state index in [2.05, 4.69) is 83.1 Å². The van der Waals surface area contributed by atoms with Crippen LogP contribution in [0.3, 0.4) is 0 Å². The van der Waals surface area contributed by atoms with E-state index in [9.17, 15) is 19.5 Å². The van der Waals surface area contributed by atoms with Gasteiger partial charge in [0.1, 0.15) is 17.4 Å². The van der Waals surface area contributed by atoms with Gasteiger partial charge in [-0.15, -0.1) is 0 Å². The highest BCUT2D eigenvalue weighted by Crippen LogP contribution is 2.22. The number of hydrogen-bond acceptors (Lipinski definition) is 6. The Balaban J connectivity index is 2.17. The maximum Gasteiger partial charge on any atom is 0.341 e. The van der Waals surface area contributed by atoms with Gasteiger partial charge in [-0.05, 0) is 76.0 Å². The number of amides is 2. The standard InChI is InChI=1S/C34H48N2O6/c1-4-6-7-8-9-10-11-12-13-14-15-16-17-18-19-20-21-22-25-42-31(5-2)33(39)35-27-32(38)36-28-23-24-30(37)29(26-28)34(40)41-3/h6-7,9-10,12-13,15-16,18-19,23-24,26,31,37H,4-5,8,11,14,17,20-22,25,27H2,1-3H3,(H,35,39)(H,36,38)/b7-6-,10-9-,13-12-,16-15-,19-18-. The van der Waals surface area contributed by atoms with E-state index in [4.69, 9.17) is 4.74 Å². The summed E-state index contributed by atoms with van der Waals surface area (Å²) in [5.74, 6) is -1.81. The van der Waals surface area contributed by atoms with Crippen LogP contribution < -0.4 is 10.6 Å². The number of anilines is 1. The molecule has 0 aliphatic carbocycles. The third-order valence-corrected chi connectivity index (χ3v) is 6.01. The van der Waals surface area contributed by atoms with E-state index < -0.39 is 18.0 Å². The lowest BCUT2D eigenvalue weighted by atomic mass is 10.1. The number of esters is 1. The number of aromatic hydroxyl groups is 1. The van der Waals surface area contributed by atoms with Crippen LogP contribution in [0.1, 0.15) is 82.0 Å². The summed E-state index contributed by atoms with van der Waals surface area (Å²) in [5.41, 5.74) is 0.225. The predicted molar refractivity (Wildman–Crippen MR) is 169 cm³/mol. The summed E-state index contributed by atoms with van der Waals surface area (Å²) >= 11 is 0. The summed E-state index contributed by atoms with van der Waals surface area (Å²) in [4.78, 5) is 36.4. The van der Waals surface area contributed by atoms with Crippen molar-refractivity contribution in [1.82, 2.24) is 5.32 Å². The summed E-state index contributed by atoms with van der Waals surface area (Å²) in [7, 11) is 1.20. The summed E-state index contributed by atoms with van der Waals surface area (Å²) < 4.78 is 10.3. The van der Waals surface area contributed by atoms with Crippen molar-refractivity contribution in [2.24, 2.45) is 0 Å². The maximum atomic E-state index is 12.4. The number of hydrogen-bond donors (Lipinski definition) is 3. The van der Waals surface area contributed by atoms with Gasteiger partial charge in [0.15, 0.2) is 0 Å². The molecule has 0 aromatic heterocycles. The Bertz CT molecular complexity index is 1090. The summed E-state index contributed by atoms with van der Waals surface area (Å²) in [6, 6.07) is 4.03. The van der Waals surface area contributed by atoms with Crippen LogP contribution in [0.25, 0.3) is 0 Å². The van der Waals surface area contributed by atoms with Gasteiger partial charge in [0.25, 0.3) is 0 Å². The van der Waals surface area contributed by atoms with Crippen molar-refractivity contribution < 1.29 is 29.0 Å². The highest BCUT2D eigenvalue weighted by molar-refractivity contribution is 5.98. The Kier molecular flexibility index (Phi) is 20.4. The zero-order valence-electron chi connectivity index (χ0n) is 25.3. The second kappa shape index (κ2) is 23.8. The first-order valence-corrected chi connectivity index (χ1v) is 14.8. The predicted octanol–water partition coefficient (Wildman–Crippen LogP) is 6.95. The SMILES string of the molecule is CC/C=C\C/C=C\C/C=C\C/C=C\C/C=C\CCCCOC(CC)C(=O)NCC(=O)Nc1ccc(O)c(C(=O)OC)c1. The molecule has 0 saturated heterocycles. The molecule has 2 amide bonds. The molecule has 230 valence electrons. The minimum Gasteiger partial charge on any atom is -0.507 e. The van der Waals surface area contributed by atoms with Crippen molar-refractivity contribution in [2.45, 2.75) is 77.7 Å². The molecular weight excluding hydrogens is 532 g/mol. The minimum atomic E-state index is -0.724. The van der Waals surface area contributed by atoms with E-state index in [-0.39, 0.29) is 23.8 Å². The first kappa shape index (κ1) is 36.1. The molecule has 0 spiro atoms. The monoisotopic (exact) mass is 580 g/mol. The number of phenolic OH excluding ortho intramolecular Hbond substituents is 1. The molecule has 1 rings (SSSR count). The van der Waals surface area contributed by atoms with Gasteiger partial charge in [-0.2, -0.15) is 0 Å². The lowest BCUT2D eigenvalue weighted by molar-refractivity contribution is -0.134. The van der Waals surface area contributed by atoms with Crippen LogP contribution in [0.2, 0.25) is 0 Å². The molecule has 0 aliphatic rings. The van der Waals surface area contributed by atoms with Gasteiger partial charge in [-0.25, -0.2) is 4.79 Å². The molecular formula is C34H48N2O6. The third kappa shape index (κ3) is 17.0. The Hall–Kier alpha value is -3.91. The minimum absolute atomic E-state index is 0.0693. The molecule has 0 aliphatic heterocycles. The van der Waals surface area contributed by atoms with Crippen molar-refractivity contribution in [1.29, 1.82) is 0 Å². The number of methoxy groups -OCH3 is 1. The molecule has 0 fully saturated rings.